The van der Waals surface area contributed by atoms with Crippen LogP contribution in [0.1, 0.15) is 10.4 Å². The van der Waals surface area contributed by atoms with Gasteiger partial charge in [-0.25, -0.2) is 4.79 Å². The molecule has 0 atom stereocenters. The third-order valence-corrected chi connectivity index (χ3v) is 3.28. The van der Waals surface area contributed by atoms with E-state index in [2.05, 4.69) is 4.74 Å². The number of benzene rings is 2. The van der Waals surface area contributed by atoms with Crippen molar-refractivity contribution in [3.8, 4) is 0 Å². The molecule has 1 aromatic heterocycles. The molecule has 0 unspecified atom stereocenters. The SMILES string of the molecule is COC(=O)c1ccc2oc3ccc([N+](=O)[O-])cc3c(=O)c2c1. The van der Waals surface area contributed by atoms with Crippen LogP contribution in [0, 0.1) is 10.1 Å². The molecule has 110 valence electrons. The molecule has 2 aromatic carbocycles. The lowest BCUT2D eigenvalue weighted by Crippen LogP contribution is -2.06. The first-order chi connectivity index (χ1) is 10.5. The molecule has 0 bridgehead atoms. The predicted octanol–water partition coefficient (Wildman–Crippen LogP) is 2.64. The molecule has 0 fully saturated rings. The summed E-state index contributed by atoms with van der Waals surface area (Å²) < 4.78 is 10.2. The number of carbonyl (C=O) groups is 1. The van der Waals surface area contributed by atoms with E-state index in [1.807, 2.05) is 0 Å². The monoisotopic (exact) mass is 299 g/mol. The molecule has 0 saturated heterocycles. The Hall–Kier alpha value is -3.22. The number of nitro groups is 1. The van der Waals surface area contributed by atoms with Gasteiger partial charge in [-0.15, -0.1) is 0 Å². The van der Waals surface area contributed by atoms with Crippen LogP contribution < -0.4 is 5.43 Å². The summed E-state index contributed by atoms with van der Waals surface area (Å²) >= 11 is 0. The van der Waals surface area contributed by atoms with Gasteiger partial charge in [-0.1, -0.05) is 0 Å². The van der Waals surface area contributed by atoms with Crippen LogP contribution in [0.25, 0.3) is 21.9 Å². The number of esters is 1. The van der Waals surface area contributed by atoms with Crippen LogP contribution in [0.3, 0.4) is 0 Å². The smallest absolute Gasteiger partial charge is 0.337 e. The van der Waals surface area contributed by atoms with Gasteiger partial charge in [0.2, 0.25) is 5.43 Å². The topological polar surface area (TPSA) is 99.7 Å². The molecule has 7 nitrogen and oxygen atoms in total. The Morgan fingerprint density at radius 3 is 2.41 bits per heavy atom. The molecule has 0 aliphatic rings. The van der Waals surface area contributed by atoms with Gasteiger partial charge in [0.25, 0.3) is 5.69 Å². The second kappa shape index (κ2) is 4.96. The minimum Gasteiger partial charge on any atom is -0.465 e. The first-order valence-corrected chi connectivity index (χ1v) is 6.24. The number of non-ortho nitro benzene ring substituents is 1. The Bertz CT molecular complexity index is 988. The number of hydrogen-bond acceptors (Lipinski definition) is 6. The number of ether oxygens (including phenoxy) is 1. The fourth-order valence-electron chi connectivity index (χ4n) is 2.20. The van der Waals surface area contributed by atoms with Crippen LogP contribution in [0.15, 0.2) is 45.6 Å². The largest absolute Gasteiger partial charge is 0.465 e. The zero-order valence-corrected chi connectivity index (χ0v) is 11.4. The fraction of sp³-hybridized carbons (Fsp3) is 0.0667. The van der Waals surface area contributed by atoms with E-state index in [-0.39, 0.29) is 27.6 Å². The van der Waals surface area contributed by atoms with E-state index in [1.54, 1.807) is 0 Å². The molecule has 0 aliphatic heterocycles. The minimum absolute atomic E-state index is 0.0868. The van der Waals surface area contributed by atoms with E-state index >= 15 is 0 Å². The Morgan fingerprint density at radius 1 is 1.14 bits per heavy atom. The maximum Gasteiger partial charge on any atom is 0.337 e. The Labute approximate surface area is 122 Å². The number of nitro benzene ring substituents is 1. The summed E-state index contributed by atoms with van der Waals surface area (Å²) in [6.45, 7) is 0. The van der Waals surface area contributed by atoms with Crippen LogP contribution in [0.2, 0.25) is 0 Å². The molecule has 7 heteroatoms. The summed E-state index contributed by atoms with van der Waals surface area (Å²) in [5, 5.41) is 11.1. The molecule has 3 aromatic rings. The molecule has 0 spiro atoms. The second-order valence-corrected chi connectivity index (χ2v) is 4.57. The number of nitrogens with zero attached hydrogens (tertiary/aromatic N) is 1. The van der Waals surface area contributed by atoms with Gasteiger partial charge in [-0.05, 0) is 24.3 Å². The highest BCUT2D eigenvalue weighted by Gasteiger charge is 2.14. The van der Waals surface area contributed by atoms with Crippen LogP contribution in [0.4, 0.5) is 5.69 Å². The second-order valence-electron chi connectivity index (χ2n) is 4.57. The molecular formula is C15H9NO6. The Morgan fingerprint density at radius 2 is 1.77 bits per heavy atom. The van der Waals surface area contributed by atoms with Crippen molar-refractivity contribution in [2.24, 2.45) is 0 Å². The maximum absolute atomic E-state index is 12.5. The highest BCUT2D eigenvalue weighted by Crippen LogP contribution is 2.23. The lowest BCUT2D eigenvalue weighted by molar-refractivity contribution is -0.384. The van der Waals surface area contributed by atoms with Crippen molar-refractivity contribution >= 4 is 33.6 Å². The highest BCUT2D eigenvalue weighted by molar-refractivity contribution is 5.97. The summed E-state index contributed by atoms with van der Waals surface area (Å²) in [6.07, 6.45) is 0. The average molecular weight is 299 g/mol. The van der Waals surface area contributed by atoms with E-state index < -0.39 is 16.3 Å². The van der Waals surface area contributed by atoms with Crippen LogP contribution >= 0.6 is 0 Å². The van der Waals surface area contributed by atoms with Crippen LogP contribution in [-0.4, -0.2) is 18.0 Å². The molecule has 3 rings (SSSR count). The van der Waals surface area contributed by atoms with Crippen molar-refractivity contribution < 1.29 is 18.9 Å². The molecule has 0 aliphatic carbocycles. The average Bonchev–Trinajstić information content (AvgIpc) is 2.53. The van der Waals surface area contributed by atoms with Crippen LogP contribution in [0.5, 0.6) is 0 Å². The maximum atomic E-state index is 12.5. The van der Waals surface area contributed by atoms with Gasteiger partial charge in [0.05, 0.1) is 28.4 Å². The third-order valence-electron chi connectivity index (χ3n) is 3.28. The normalized spacial score (nSPS) is 10.8. The predicted molar refractivity (Wildman–Crippen MR) is 78.0 cm³/mol. The van der Waals surface area contributed by atoms with E-state index in [1.165, 1.54) is 37.4 Å². The standard InChI is InChI=1S/C15H9NO6/c1-21-15(18)8-2-4-12-10(6-8)14(17)11-7-9(16(19)20)3-5-13(11)22-12/h2-7H,1H3. The summed E-state index contributed by atoms with van der Waals surface area (Å²) in [6, 6.07) is 8.12. The van der Waals surface area contributed by atoms with E-state index in [0.717, 1.165) is 6.07 Å². The molecule has 0 amide bonds. The van der Waals surface area contributed by atoms with Gasteiger partial charge in [-0.3, -0.25) is 14.9 Å². The van der Waals surface area contributed by atoms with E-state index in [9.17, 15) is 19.7 Å². The van der Waals surface area contributed by atoms with Gasteiger partial charge in [0.15, 0.2) is 0 Å². The molecule has 0 saturated carbocycles. The zero-order chi connectivity index (χ0) is 15.9. The van der Waals surface area contributed by atoms with E-state index in [4.69, 9.17) is 4.42 Å². The van der Waals surface area contributed by atoms with Crippen molar-refractivity contribution in [3.63, 3.8) is 0 Å². The molecule has 0 N–H and O–H groups in total. The van der Waals surface area contributed by atoms with Gasteiger partial charge in [0, 0.05) is 12.1 Å². The van der Waals surface area contributed by atoms with E-state index in [0.29, 0.717) is 5.58 Å². The molecular weight excluding hydrogens is 290 g/mol. The Balaban J connectivity index is 2.36. The highest BCUT2D eigenvalue weighted by atomic mass is 16.6. The number of hydrogen-bond donors (Lipinski definition) is 0. The number of methoxy groups -OCH3 is 1. The quantitative estimate of drug-likeness (QED) is 0.312. The zero-order valence-electron chi connectivity index (χ0n) is 11.4. The lowest BCUT2D eigenvalue weighted by atomic mass is 10.1. The summed E-state index contributed by atoms with van der Waals surface area (Å²) in [7, 11) is 1.23. The first-order valence-electron chi connectivity index (χ1n) is 6.24. The number of rotatable bonds is 2. The van der Waals surface area contributed by atoms with Gasteiger partial charge >= 0.3 is 5.97 Å². The summed E-state index contributed by atoms with van der Waals surface area (Å²) in [5.41, 5.74) is 0.0916. The number of fused-ring (bicyclic) bond motifs is 2. The van der Waals surface area contributed by atoms with Crippen LogP contribution in [-0.2, 0) is 4.74 Å². The third kappa shape index (κ3) is 2.08. The van der Waals surface area contributed by atoms with Crippen molar-refractivity contribution in [2.45, 2.75) is 0 Å². The molecule has 0 radical (unpaired) electrons. The van der Waals surface area contributed by atoms with Gasteiger partial charge in [0.1, 0.15) is 11.2 Å². The summed E-state index contributed by atoms with van der Waals surface area (Å²) in [4.78, 5) is 34.2. The summed E-state index contributed by atoms with van der Waals surface area (Å²) in [5.74, 6) is -0.583. The molecule has 1 heterocycles. The van der Waals surface area contributed by atoms with Crippen molar-refractivity contribution in [1.82, 2.24) is 0 Å². The minimum atomic E-state index is -0.589. The Kier molecular flexibility index (Phi) is 3.10. The van der Waals surface area contributed by atoms with Crippen molar-refractivity contribution in [3.05, 3.63) is 62.3 Å². The van der Waals surface area contributed by atoms with Crippen molar-refractivity contribution in [1.29, 1.82) is 0 Å². The lowest BCUT2D eigenvalue weighted by Gasteiger charge is -2.03. The first kappa shape index (κ1) is 13.7. The number of carbonyl (C=O) groups excluding carboxylic acids is 1. The molecule has 22 heavy (non-hydrogen) atoms. The van der Waals surface area contributed by atoms with Gasteiger partial charge < -0.3 is 9.15 Å². The van der Waals surface area contributed by atoms with Gasteiger partial charge in [-0.2, -0.15) is 0 Å². The van der Waals surface area contributed by atoms with Crippen molar-refractivity contribution in [2.75, 3.05) is 7.11 Å². The fourth-order valence-corrected chi connectivity index (χ4v) is 2.20.